The van der Waals surface area contributed by atoms with E-state index in [1.54, 1.807) is 6.07 Å². The van der Waals surface area contributed by atoms with Gasteiger partial charge in [0.05, 0.1) is 12.7 Å². The Balaban J connectivity index is 2.54. The van der Waals surface area contributed by atoms with Crippen LogP contribution in [-0.2, 0) is 4.74 Å². The van der Waals surface area contributed by atoms with Crippen LogP contribution in [0.15, 0.2) is 42.5 Å². The summed E-state index contributed by atoms with van der Waals surface area (Å²) >= 11 is 0. The van der Waals surface area contributed by atoms with E-state index in [1.165, 1.54) is 7.11 Å². The topological polar surface area (TPSA) is 52.3 Å². The van der Waals surface area contributed by atoms with Gasteiger partial charge in [-0.1, -0.05) is 36.4 Å². The van der Waals surface area contributed by atoms with Gasteiger partial charge in [0.15, 0.2) is 0 Å². The molecule has 2 rings (SSSR count). The molecule has 3 nitrogen and oxygen atoms in total. The SMILES string of the molecule is COC(=O)c1ccc(-c2ccccc2)c(N)c1C. The van der Waals surface area contributed by atoms with Crippen molar-refractivity contribution in [2.75, 3.05) is 12.8 Å². The van der Waals surface area contributed by atoms with Gasteiger partial charge in [0.2, 0.25) is 0 Å². The molecular weight excluding hydrogens is 226 g/mol. The zero-order valence-corrected chi connectivity index (χ0v) is 10.4. The molecule has 18 heavy (non-hydrogen) atoms. The van der Waals surface area contributed by atoms with Crippen molar-refractivity contribution in [2.45, 2.75) is 6.92 Å². The molecule has 2 aromatic rings. The van der Waals surface area contributed by atoms with E-state index < -0.39 is 0 Å². The number of hydrogen-bond acceptors (Lipinski definition) is 3. The maximum atomic E-state index is 11.6. The van der Waals surface area contributed by atoms with Crippen LogP contribution < -0.4 is 5.73 Å². The van der Waals surface area contributed by atoms with E-state index in [2.05, 4.69) is 0 Å². The number of anilines is 1. The second kappa shape index (κ2) is 4.92. The first-order chi connectivity index (χ1) is 8.65. The Morgan fingerprint density at radius 1 is 1.11 bits per heavy atom. The molecule has 0 aromatic heterocycles. The number of nitrogens with two attached hydrogens (primary N) is 1. The quantitative estimate of drug-likeness (QED) is 0.649. The van der Waals surface area contributed by atoms with Crippen molar-refractivity contribution in [3.05, 3.63) is 53.6 Å². The van der Waals surface area contributed by atoms with Gasteiger partial charge in [-0.2, -0.15) is 0 Å². The Hall–Kier alpha value is -2.29. The van der Waals surface area contributed by atoms with Crippen LogP contribution in [0, 0.1) is 6.92 Å². The number of carbonyl (C=O) groups is 1. The van der Waals surface area contributed by atoms with E-state index >= 15 is 0 Å². The first-order valence-electron chi connectivity index (χ1n) is 5.68. The van der Waals surface area contributed by atoms with Crippen molar-refractivity contribution >= 4 is 11.7 Å². The minimum Gasteiger partial charge on any atom is -0.465 e. The number of esters is 1. The van der Waals surface area contributed by atoms with Crippen LogP contribution in [0.3, 0.4) is 0 Å². The van der Waals surface area contributed by atoms with Gasteiger partial charge in [0, 0.05) is 11.3 Å². The third kappa shape index (κ3) is 2.07. The van der Waals surface area contributed by atoms with Crippen molar-refractivity contribution in [1.29, 1.82) is 0 Å². The molecule has 0 spiro atoms. The van der Waals surface area contributed by atoms with Crippen molar-refractivity contribution in [3.63, 3.8) is 0 Å². The lowest BCUT2D eigenvalue weighted by molar-refractivity contribution is 0.0600. The molecule has 0 fully saturated rings. The predicted molar refractivity (Wildman–Crippen MR) is 72.4 cm³/mol. The molecule has 2 N–H and O–H groups in total. The molecule has 0 atom stereocenters. The Morgan fingerprint density at radius 3 is 2.39 bits per heavy atom. The third-order valence-electron chi connectivity index (χ3n) is 3.00. The molecule has 2 aromatic carbocycles. The van der Waals surface area contributed by atoms with Crippen LogP contribution in [0.25, 0.3) is 11.1 Å². The average molecular weight is 241 g/mol. The lowest BCUT2D eigenvalue weighted by atomic mass is 9.97. The fourth-order valence-electron chi connectivity index (χ4n) is 1.93. The summed E-state index contributed by atoms with van der Waals surface area (Å²) in [6.45, 7) is 1.83. The van der Waals surface area contributed by atoms with Crippen molar-refractivity contribution in [3.8, 4) is 11.1 Å². The molecule has 0 saturated carbocycles. The summed E-state index contributed by atoms with van der Waals surface area (Å²) in [5.41, 5.74) is 9.94. The van der Waals surface area contributed by atoms with Gasteiger partial charge in [0.1, 0.15) is 0 Å². The van der Waals surface area contributed by atoms with Gasteiger partial charge >= 0.3 is 5.97 Å². The Bertz CT molecular complexity index is 577. The van der Waals surface area contributed by atoms with E-state index in [0.717, 1.165) is 16.7 Å². The van der Waals surface area contributed by atoms with Crippen molar-refractivity contribution < 1.29 is 9.53 Å². The average Bonchev–Trinajstić information content (AvgIpc) is 2.42. The Kier molecular flexibility index (Phi) is 3.33. The monoisotopic (exact) mass is 241 g/mol. The molecule has 0 heterocycles. The van der Waals surface area contributed by atoms with Crippen molar-refractivity contribution in [2.24, 2.45) is 0 Å². The minimum absolute atomic E-state index is 0.362. The minimum atomic E-state index is -0.362. The highest BCUT2D eigenvalue weighted by molar-refractivity contribution is 5.95. The normalized spacial score (nSPS) is 10.1. The molecule has 0 aliphatic rings. The van der Waals surface area contributed by atoms with Gasteiger partial charge in [-0.15, -0.1) is 0 Å². The molecule has 0 bridgehead atoms. The fraction of sp³-hybridized carbons (Fsp3) is 0.133. The largest absolute Gasteiger partial charge is 0.465 e. The maximum absolute atomic E-state index is 11.6. The molecule has 0 unspecified atom stereocenters. The van der Waals surface area contributed by atoms with Crippen LogP contribution in [0.1, 0.15) is 15.9 Å². The van der Waals surface area contributed by atoms with E-state index in [0.29, 0.717) is 11.3 Å². The predicted octanol–water partition coefficient (Wildman–Crippen LogP) is 3.03. The molecule has 92 valence electrons. The van der Waals surface area contributed by atoms with E-state index in [9.17, 15) is 4.79 Å². The number of hydrogen-bond donors (Lipinski definition) is 1. The van der Waals surface area contributed by atoms with Crippen LogP contribution in [-0.4, -0.2) is 13.1 Å². The van der Waals surface area contributed by atoms with Crippen LogP contribution in [0.2, 0.25) is 0 Å². The summed E-state index contributed by atoms with van der Waals surface area (Å²) in [6.07, 6.45) is 0. The van der Waals surface area contributed by atoms with Crippen LogP contribution in [0.4, 0.5) is 5.69 Å². The summed E-state index contributed by atoms with van der Waals surface area (Å²) in [5, 5.41) is 0. The van der Waals surface area contributed by atoms with E-state index in [1.807, 2.05) is 43.3 Å². The third-order valence-corrected chi connectivity index (χ3v) is 3.00. The Morgan fingerprint density at radius 2 is 1.78 bits per heavy atom. The van der Waals surface area contributed by atoms with Gasteiger partial charge in [-0.3, -0.25) is 0 Å². The zero-order valence-electron chi connectivity index (χ0n) is 10.4. The molecular formula is C15H15NO2. The second-order valence-corrected chi connectivity index (χ2v) is 4.06. The highest BCUT2D eigenvalue weighted by atomic mass is 16.5. The van der Waals surface area contributed by atoms with Crippen LogP contribution in [0.5, 0.6) is 0 Å². The van der Waals surface area contributed by atoms with Gasteiger partial charge in [-0.05, 0) is 24.1 Å². The molecule has 0 aliphatic carbocycles. The highest BCUT2D eigenvalue weighted by Gasteiger charge is 2.14. The number of rotatable bonds is 2. The summed E-state index contributed by atoms with van der Waals surface area (Å²) in [7, 11) is 1.36. The molecule has 0 aliphatic heterocycles. The first-order valence-corrected chi connectivity index (χ1v) is 5.68. The maximum Gasteiger partial charge on any atom is 0.338 e. The fourth-order valence-corrected chi connectivity index (χ4v) is 1.93. The molecule has 3 heteroatoms. The zero-order chi connectivity index (χ0) is 13.1. The van der Waals surface area contributed by atoms with Crippen LogP contribution >= 0.6 is 0 Å². The molecule has 0 saturated heterocycles. The lowest BCUT2D eigenvalue weighted by Crippen LogP contribution is -2.06. The van der Waals surface area contributed by atoms with E-state index in [-0.39, 0.29) is 5.97 Å². The lowest BCUT2D eigenvalue weighted by Gasteiger charge is -2.12. The second-order valence-electron chi connectivity index (χ2n) is 4.06. The number of benzene rings is 2. The summed E-state index contributed by atoms with van der Waals surface area (Å²) in [5.74, 6) is -0.362. The number of nitrogen functional groups attached to an aromatic ring is 1. The summed E-state index contributed by atoms with van der Waals surface area (Å²) in [6, 6.07) is 13.4. The number of carbonyl (C=O) groups excluding carboxylic acids is 1. The first kappa shape index (κ1) is 12.2. The number of methoxy groups -OCH3 is 1. The summed E-state index contributed by atoms with van der Waals surface area (Å²) in [4.78, 5) is 11.6. The Labute approximate surface area is 106 Å². The van der Waals surface area contributed by atoms with Gasteiger partial charge < -0.3 is 10.5 Å². The smallest absolute Gasteiger partial charge is 0.338 e. The standard InChI is InChI=1S/C15H15NO2/c1-10-12(15(17)18-2)8-9-13(14(10)16)11-6-4-3-5-7-11/h3-9H,16H2,1-2H3. The van der Waals surface area contributed by atoms with Gasteiger partial charge in [0.25, 0.3) is 0 Å². The van der Waals surface area contributed by atoms with Crippen molar-refractivity contribution in [1.82, 2.24) is 0 Å². The molecule has 0 amide bonds. The molecule has 0 radical (unpaired) electrons. The number of ether oxygens (including phenoxy) is 1. The van der Waals surface area contributed by atoms with Gasteiger partial charge in [-0.25, -0.2) is 4.79 Å². The summed E-state index contributed by atoms with van der Waals surface area (Å²) < 4.78 is 4.72. The van der Waals surface area contributed by atoms with E-state index in [4.69, 9.17) is 10.5 Å². The highest BCUT2D eigenvalue weighted by Crippen LogP contribution is 2.30.